The molecule has 1 fully saturated rings. The zero-order chi connectivity index (χ0) is 31.0. The standard InChI is InChI=1S/C14H10F18O4S2/c15-7(16,9(19,20)11(23,24)13(27,28)29)3-1-5-37(33,34)6(38(5,35)36)2-4-8(17,18)10(21,22)12(25,26)14(30,31)32/h5-6H,1-4H2. The van der Waals surface area contributed by atoms with E-state index in [1.54, 1.807) is 0 Å². The molecule has 24 heteroatoms. The van der Waals surface area contributed by atoms with Gasteiger partial charge in [0.1, 0.15) is 0 Å². The van der Waals surface area contributed by atoms with Crippen molar-refractivity contribution in [2.75, 3.05) is 0 Å². The maximum atomic E-state index is 13.5. The summed E-state index contributed by atoms with van der Waals surface area (Å²) in [6, 6.07) is 0. The molecular formula is C14H10F18O4S2. The van der Waals surface area contributed by atoms with Gasteiger partial charge in [-0.15, -0.1) is 0 Å². The highest BCUT2D eigenvalue weighted by molar-refractivity contribution is 8.25. The summed E-state index contributed by atoms with van der Waals surface area (Å²) < 4.78 is 272. The third-order valence-corrected chi connectivity index (χ3v) is 12.4. The Morgan fingerprint density at radius 2 is 0.605 bits per heavy atom. The Kier molecular flexibility index (Phi) is 8.28. The summed E-state index contributed by atoms with van der Waals surface area (Å²) in [6.45, 7) is 0. The lowest BCUT2D eigenvalue weighted by atomic mass is 10.00. The Labute approximate surface area is 199 Å². The number of hydrogen-bond donors (Lipinski definition) is 0. The molecule has 0 unspecified atom stereocenters. The molecule has 1 rings (SSSR count). The zero-order valence-electron chi connectivity index (χ0n) is 17.2. The molecule has 0 saturated carbocycles. The van der Waals surface area contributed by atoms with Gasteiger partial charge in [-0.1, -0.05) is 0 Å². The van der Waals surface area contributed by atoms with Crippen molar-refractivity contribution in [3.63, 3.8) is 0 Å². The molecule has 0 aromatic heterocycles. The average molecular weight is 648 g/mol. The Morgan fingerprint density at radius 3 is 0.789 bits per heavy atom. The van der Waals surface area contributed by atoms with E-state index < -0.39 is 102 Å². The van der Waals surface area contributed by atoms with Gasteiger partial charge in [-0.05, 0) is 12.8 Å². The first-order valence-electron chi connectivity index (χ1n) is 9.03. The molecule has 0 radical (unpaired) electrons. The Bertz CT molecular complexity index is 995. The molecule has 0 aromatic rings. The van der Waals surface area contributed by atoms with Crippen LogP contribution in [-0.4, -0.2) is 73.9 Å². The zero-order valence-corrected chi connectivity index (χ0v) is 18.9. The Morgan fingerprint density at radius 1 is 0.395 bits per heavy atom. The highest BCUT2D eigenvalue weighted by atomic mass is 32.3. The van der Waals surface area contributed by atoms with Gasteiger partial charge >= 0.3 is 47.9 Å². The van der Waals surface area contributed by atoms with E-state index in [4.69, 9.17) is 0 Å². The van der Waals surface area contributed by atoms with Crippen LogP contribution >= 0.6 is 0 Å². The summed E-state index contributed by atoms with van der Waals surface area (Å²) in [5.74, 6) is -42.4. The summed E-state index contributed by atoms with van der Waals surface area (Å²) in [5.41, 5.74) is 0. The van der Waals surface area contributed by atoms with Gasteiger partial charge < -0.3 is 0 Å². The summed E-state index contributed by atoms with van der Waals surface area (Å²) in [4.78, 5) is 0. The molecule has 1 aliphatic rings. The minimum absolute atomic E-state index is 2.36. The summed E-state index contributed by atoms with van der Waals surface area (Å²) in [5, 5.41) is 0. The highest BCUT2D eigenvalue weighted by Crippen LogP contribution is 2.57. The SMILES string of the molecule is O=S1(=O)C(CCC(F)(F)C(F)(F)C(F)(F)C(F)(F)F)S(=O)(=O)C1CCC(F)(F)C(F)(F)C(F)(F)C(F)(F)F. The molecule has 1 aliphatic heterocycles. The van der Waals surface area contributed by atoms with Crippen LogP contribution < -0.4 is 0 Å². The fourth-order valence-electron chi connectivity index (χ4n) is 3.04. The molecule has 0 aliphatic carbocycles. The molecule has 0 amide bonds. The quantitative estimate of drug-likeness (QED) is 0.274. The van der Waals surface area contributed by atoms with Crippen LogP contribution in [0.1, 0.15) is 25.7 Å². The van der Waals surface area contributed by atoms with Crippen molar-refractivity contribution in [2.24, 2.45) is 0 Å². The van der Waals surface area contributed by atoms with Crippen LogP contribution in [0.5, 0.6) is 0 Å². The van der Waals surface area contributed by atoms with Crippen molar-refractivity contribution in [2.45, 2.75) is 82.7 Å². The second-order valence-corrected chi connectivity index (χ2v) is 13.0. The van der Waals surface area contributed by atoms with E-state index in [2.05, 4.69) is 0 Å². The molecule has 1 heterocycles. The fraction of sp³-hybridized carbons (Fsp3) is 1.00. The second-order valence-electron chi connectivity index (χ2n) is 7.82. The minimum Gasteiger partial charge on any atom is -0.226 e. The van der Waals surface area contributed by atoms with Crippen molar-refractivity contribution >= 4 is 19.7 Å². The first kappa shape index (κ1) is 34.7. The normalized spacial score (nSPS) is 23.7. The molecule has 0 spiro atoms. The number of hydrogen-bond acceptors (Lipinski definition) is 4. The average Bonchev–Trinajstić information content (AvgIpc) is 2.64. The number of rotatable bonds is 10. The van der Waals surface area contributed by atoms with E-state index in [9.17, 15) is 95.9 Å². The summed E-state index contributed by atoms with van der Waals surface area (Å²) in [7, 11) is -11.4. The van der Waals surface area contributed by atoms with Gasteiger partial charge in [0.2, 0.25) is 0 Å². The Balaban J connectivity index is 3.14. The van der Waals surface area contributed by atoms with Crippen molar-refractivity contribution < 1.29 is 95.9 Å². The van der Waals surface area contributed by atoms with E-state index in [-0.39, 0.29) is 0 Å². The van der Waals surface area contributed by atoms with E-state index in [0.717, 1.165) is 0 Å². The molecule has 1 saturated heterocycles. The first-order chi connectivity index (χ1) is 16.2. The van der Waals surface area contributed by atoms with E-state index >= 15 is 0 Å². The van der Waals surface area contributed by atoms with Gasteiger partial charge in [-0.25, -0.2) is 16.8 Å². The third kappa shape index (κ3) is 4.99. The van der Waals surface area contributed by atoms with Gasteiger partial charge in [-0.3, -0.25) is 0 Å². The van der Waals surface area contributed by atoms with E-state index in [1.807, 2.05) is 0 Å². The topological polar surface area (TPSA) is 68.3 Å². The summed E-state index contributed by atoms with van der Waals surface area (Å²) in [6.07, 6.45) is -25.3. The predicted octanol–water partition coefficient (Wildman–Crippen LogP) is 5.98. The lowest BCUT2D eigenvalue weighted by molar-refractivity contribution is -0.396. The second kappa shape index (κ2) is 9.08. The fourth-order valence-corrected chi connectivity index (χ4v) is 9.28. The molecule has 228 valence electrons. The lowest BCUT2D eigenvalue weighted by Gasteiger charge is -2.38. The van der Waals surface area contributed by atoms with Crippen LogP contribution in [0, 0.1) is 0 Å². The predicted molar refractivity (Wildman–Crippen MR) is 85.7 cm³/mol. The van der Waals surface area contributed by atoms with Crippen LogP contribution in [0.3, 0.4) is 0 Å². The van der Waals surface area contributed by atoms with Crippen LogP contribution in [0.25, 0.3) is 0 Å². The monoisotopic (exact) mass is 648 g/mol. The van der Waals surface area contributed by atoms with Gasteiger partial charge in [0, 0.05) is 12.8 Å². The van der Waals surface area contributed by atoms with Crippen molar-refractivity contribution in [3.8, 4) is 0 Å². The van der Waals surface area contributed by atoms with E-state index in [0.29, 0.717) is 0 Å². The van der Waals surface area contributed by atoms with Gasteiger partial charge in [0.15, 0.2) is 28.8 Å². The first-order valence-corrected chi connectivity index (χ1v) is 12.3. The molecular weight excluding hydrogens is 638 g/mol. The van der Waals surface area contributed by atoms with Crippen LogP contribution in [0.4, 0.5) is 79.0 Å². The lowest BCUT2D eigenvalue weighted by Crippen LogP contribution is -2.62. The van der Waals surface area contributed by atoms with E-state index in [1.165, 1.54) is 0 Å². The van der Waals surface area contributed by atoms with Gasteiger partial charge in [-0.2, -0.15) is 79.0 Å². The maximum Gasteiger partial charge on any atom is 0.460 e. The molecule has 0 atom stereocenters. The van der Waals surface area contributed by atoms with Gasteiger partial charge in [0.05, 0.1) is 0 Å². The number of alkyl halides is 18. The molecule has 0 aromatic carbocycles. The third-order valence-electron chi connectivity index (χ3n) is 5.27. The summed E-state index contributed by atoms with van der Waals surface area (Å²) >= 11 is 0. The van der Waals surface area contributed by atoms with Crippen LogP contribution in [0.15, 0.2) is 0 Å². The number of sulfone groups is 2. The van der Waals surface area contributed by atoms with Gasteiger partial charge in [0.25, 0.3) is 0 Å². The molecule has 4 nitrogen and oxygen atoms in total. The Hall–Kier alpha value is -1.36. The number of halogens is 18. The van der Waals surface area contributed by atoms with Crippen LogP contribution in [0.2, 0.25) is 0 Å². The maximum absolute atomic E-state index is 13.5. The van der Waals surface area contributed by atoms with Crippen molar-refractivity contribution in [1.29, 1.82) is 0 Å². The largest absolute Gasteiger partial charge is 0.460 e. The molecule has 38 heavy (non-hydrogen) atoms. The van der Waals surface area contributed by atoms with Crippen molar-refractivity contribution in [3.05, 3.63) is 0 Å². The smallest absolute Gasteiger partial charge is 0.226 e. The highest BCUT2D eigenvalue weighted by Gasteiger charge is 2.83. The molecule has 0 N–H and O–H groups in total. The van der Waals surface area contributed by atoms with Crippen molar-refractivity contribution in [1.82, 2.24) is 0 Å². The minimum atomic E-state index is -7.43. The molecule has 0 bridgehead atoms. The van der Waals surface area contributed by atoms with Crippen LogP contribution in [-0.2, 0) is 19.7 Å².